The Morgan fingerprint density at radius 3 is 2.76 bits per heavy atom. The molecule has 1 saturated carbocycles. The summed E-state index contributed by atoms with van der Waals surface area (Å²) in [7, 11) is 0. The number of halogens is 3. The minimum atomic E-state index is -2.82. The molecule has 7 rings (SSSR count). The van der Waals surface area contributed by atoms with Crippen molar-refractivity contribution in [3.8, 4) is 11.4 Å². The molecule has 37 heavy (non-hydrogen) atoms. The molecule has 3 aliphatic rings. The van der Waals surface area contributed by atoms with Crippen LogP contribution in [0.25, 0.3) is 27.8 Å². The number of nitrogens with zero attached hydrogens (tertiary/aromatic N) is 6. The van der Waals surface area contributed by atoms with Gasteiger partial charge in [0.2, 0.25) is 5.91 Å². The van der Waals surface area contributed by atoms with Crippen LogP contribution in [0.5, 0.6) is 0 Å². The van der Waals surface area contributed by atoms with E-state index in [4.69, 9.17) is 4.74 Å². The fraction of sp³-hybridized carbons (Fsp3) is 0.400. The van der Waals surface area contributed by atoms with E-state index in [1.807, 2.05) is 18.3 Å². The van der Waals surface area contributed by atoms with Crippen molar-refractivity contribution < 1.29 is 22.7 Å². The Labute approximate surface area is 208 Å². The van der Waals surface area contributed by atoms with Crippen LogP contribution in [-0.4, -0.2) is 62.9 Å². The van der Waals surface area contributed by atoms with E-state index >= 15 is 0 Å². The van der Waals surface area contributed by atoms with E-state index in [1.54, 1.807) is 4.52 Å². The molecule has 2 saturated heterocycles. The van der Waals surface area contributed by atoms with Crippen LogP contribution in [0.15, 0.2) is 36.8 Å². The highest BCUT2D eigenvalue weighted by molar-refractivity contribution is 6.00. The lowest BCUT2D eigenvalue weighted by molar-refractivity contribution is -0.117. The van der Waals surface area contributed by atoms with Gasteiger partial charge in [0.05, 0.1) is 24.4 Å². The summed E-state index contributed by atoms with van der Waals surface area (Å²) in [6, 6.07) is 5.33. The molecule has 4 aromatic rings. The van der Waals surface area contributed by atoms with Gasteiger partial charge >= 0.3 is 0 Å². The molecule has 1 aliphatic carbocycles. The summed E-state index contributed by atoms with van der Waals surface area (Å²) in [5.74, 6) is -0.755. The normalized spacial score (nSPS) is 22.2. The van der Waals surface area contributed by atoms with E-state index in [-0.39, 0.29) is 23.0 Å². The number of alkyl halides is 3. The van der Waals surface area contributed by atoms with Crippen LogP contribution in [0.4, 0.5) is 24.7 Å². The molecule has 0 radical (unpaired) electrons. The van der Waals surface area contributed by atoms with Gasteiger partial charge in [0.1, 0.15) is 17.7 Å². The van der Waals surface area contributed by atoms with Crippen LogP contribution >= 0.6 is 0 Å². The summed E-state index contributed by atoms with van der Waals surface area (Å²) >= 11 is 0. The lowest BCUT2D eigenvalue weighted by atomic mass is 9.79. The predicted molar refractivity (Wildman–Crippen MR) is 128 cm³/mol. The largest absolute Gasteiger partial charge is 0.381 e. The summed E-state index contributed by atoms with van der Waals surface area (Å²) in [6.07, 6.45) is 1.70. The van der Waals surface area contributed by atoms with Crippen molar-refractivity contribution in [1.82, 2.24) is 24.6 Å². The average molecular weight is 509 g/mol. The second-order valence-corrected chi connectivity index (χ2v) is 10.1. The first-order valence-corrected chi connectivity index (χ1v) is 12.1. The second-order valence-electron chi connectivity index (χ2n) is 10.1. The molecular formula is C25H22F3N7O2. The molecule has 0 bridgehead atoms. The number of aromatic nitrogens is 5. The zero-order valence-corrected chi connectivity index (χ0v) is 19.6. The van der Waals surface area contributed by atoms with Crippen LogP contribution in [0.2, 0.25) is 0 Å². The first-order chi connectivity index (χ1) is 17.9. The second kappa shape index (κ2) is 8.10. The Morgan fingerprint density at radius 2 is 2.03 bits per heavy atom. The van der Waals surface area contributed by atoms with E-state index in [9.17, 15) is 18.0 Å². The number of amides is 1. The number of carbonyl (C=O) groups is 1. The molecule has 0 aromatic carbocycles. The van der Waals surface area contributed by atoms with Crippen LogP contribution in [0, 0.1) is 11.3 Å². The van der Waals surface area contributed by atoms with Gasteiger partial charge in [-0.2, -0.15) is 0 Å². The fourth-order valence-electron chi connectivity index (χ4n) is 5.25. The smallest absolute Gasteiger partial charge is 0.281 e. The monoisotopic (exact) mass is 509 g/mol. The molecular weight excluding hydrogens is 487 g/mol. The topological polar surface area (TPSA) is 97.5 Å². The van der Waals surface area contributed by atoms with Gasteiger partial charge in [-0.3, -0.25) is 9.78 Å². The van der Waals surface area contributed by atoms with Gasteiger partial charge in [-0.1, -0.05) is 0 Å². The Morgan fingerprint density at radius 1 is 1.19 bits per heavy atom. The van der Waals surface area contributed by atoms with Gasteiger partial charge in [0, 0.05) is 53.8 Å². The summed E-state index contributed by atoms with van der Waals surface area (Å²) in [6.45, 7) is 3.45. The molecule has 6 heterocycles. The average Bonchev–Trinajstić information content (AvgIpc) is 3.24. The number of anilines is 2. The SMILES string of the molecule is O=C(Nc1cc2c(-c3nc4ccc(N5CC6(CCOC6)C5)cn4n3)cnc(C(F)F)c2cn1)[C@@H]1C[C@@H]1F. The number of hydrogen-bond acceptors (Lipinski definition) is 7. The molecule has 1 spiro atoms. The van der Waals surface area contributed by atoms with E-state index in [1.165, 1.54) is 18.5 Å². The molecule has 4 aromatic heterocycles. The van der Waals surface area contributed by atoms with Crippen molar-refractivity contribution in [2.45, 2.75) is 25.4 Å². The van der Waals surface area contributed by atoms with Crippen LogP contribution in [0.1, 0.15) is 25.0 Å². The van der Waals surface area contributed by atoms with Crippen LogP contribution in [-0.2, 0) is 9.53 Å². The maximum absolute atomic E-state index is 13.7. The third kappa shape index (κ3) is 3.78. The number of rotatable bonds is 5. The zero-order valence-electron chi connectivity index (χ0n) is 19.6. The Hall–Kier alpha value is -3.80. The van der Waals surface area contributed by atoms with Gasteiger partial charge in [-0.05, 0) is 31.0 Å². The summed E-state index contributed by atoms with van der Waals surface area (Å²) < 4.78 is 47.9. The first-order valence-electron chi connectivity index (χ1n) is 12.1. The fourth-order valence-corrected chi connectivity index (χ4v) is 5.25. The van der Waals surface area contributed by atoms with Crippen molar-refractivity contribution >= 4 is 33.8 Å². The number of nitrogens with one attached hydrogen (secondary N) is 1. The number of carbonyl (C=O) groups excluding carboxylic acids is 1. The zero-order chi connectivity index (χ0) is 25.3. The van der Waals surface area contributed by atoms with E-state index in [2.05, 4.69) is 30.3 Å². The van der Waals surface area contributed by atoms with Gasteiger partial charge in [0.15, 0.2) is 11.5 Å². The predicted octanol–water partition coefficient (Wildman–Crippen LogP) is 3.80. The van der Waals surface area contributed by atoms with Crippen molar-refractivity contribution in [2.24, 2.45) is 11.3 Å². The van der Waals surface area contributed by atoms with E-state index in [0.29, 0.717) is 22.4 Å². The first kappa shape index (κ1) is 22.4. The molecule has 1 amide bonds. The third-order valence-corrected chi connectivity index (χ3v) is 7.47. The number of fused-ring (bicyclic) bond motifs is 2. The number of pyridine rings is 3. The molecule has 0 unspecified atom stereocenters. The Kier molecular flexibility index (Phi) is 4.91. The summed E-state index contributed by atoms with van der Waals surface area (Å²) in [5, 5.41) is 7.68. The van der Waals surface area contributed by atoms with Gasteiger partial charge in [-0.25, -0.2) is 27.7 Å². The highest BCUT2D eigenvalue weighted by Gasteiger charge is 2.46. The van der Waals surface area contributed by atoms with E-state index in [0.717, 1.165) is 38.4 Å². The molecule has 2 atom stereocenters. The quantitative estimate of drug-likeness (QED) is 0.437. The maximum Gasteiger partial charge on any atom is 0.281 e. The number of hydrogen-bond donors (Lipinski definition) is 1. The molecule has 12 heteroatoms. The van der Waals surface area contributed by atoms with Gasteiger partial charge in [0.25, 0.3) is 6.43 Å². The Balaban J connectivity index is 1.24. The molecule has 1 N–H and O–H groups in total. The van der Waals surface area contributed by atoms with Gasteiger partial charge < -0.3 is 15.0 Å². The highest BCUT2D eigenvalue weighted by atomic mass is 19.3. The minimum Gasteiger partial charge on any atom is -0.381 e. The van der Waals surface area contributed by atoms with Crippen molar-refractivity contribution in [3.05, 3.63) is 42.5 Å². The van der Waals surface area contributed by atoms with Crippen molar-refractivity contribution in [2.75, 3.05) is 36.5 Å². The van der Waals surface area contributed by atoms with Crippen molar-refractivity contribution in [1.29, 1.82) is 0 Å². The summed E-state index contributed by atoms with van der Waals surface area (Å²) in [5.41, 5.74) is 1.84. The minimum absolute atomic E-state index is 0.129. The highest BCUT2D eigenvalue weighted by Crippen LogP contribution is 2.41. The van der Waals surface area contributed by atoms with Gasteiger partial charge in [-0.15, -0.1) is 5.10 Å². The van der Waals surface area contributed by atoms with Crippen LogP contribution < -0.4 is 10.2 Å². The third-order valence-electron chi connectivity index (χ3n) is 7.47. The molecule has 3 fully saturated rings. The number of ether oxygens (including phenoxy) is 1. The molecule has 9 nitrogen and oxygen atoms in total. The van der Waals surface area contributed by atoms with Crippen LogP contribution in [0.3, 0.4) is 0 Å². The Bertz CT molecular complexity index is 1540. The van der Waals surface area contributed by atoms with E-state index < -0.39 is 30.1 Å². The molecule has 2 aliphatic heterocycles. The maximum atomic E-state index is 13.7. The standard InChI is InChI=1S/C25H22F3N7O2/c26-18-5-15(18)24(36)31-19-6-14-16(7-29-19)21(22(27)28)30-8-17(14)23-32-20-2-1-13(9-35(20)33-23)34-10-25(11-34)3-4-37-12-25/h1-2,6-9,15,18,22H,3-5,10-12H2,(H,29,31,36)/t15-,18+/m1/s1. The molecule has 190 valence electrons. The lowest BCUT2D eigenvalue weighted by Crippen LogP contribution is -2.57. The summed E-state index contributed by atoms with van der Waals surface area (Å²) in [4.78, 5) is 27.1. The van der Waals surface area contributed by atoms with Crippen molar-refractivity contribution in [3.63, 3.8) is 0 Å². The lowest BCUT2D eigenvalue weighted by Gasteiger charge is -2.48.